The highest BCUT2D eigenvalue weighted by Gasteiger charge is 2.37. The third-order valence-corrected chi connectivity index (χ3v) is 5.38. The fraction of sp³-hybridized carbons (Fsp3) is 0.350. The summed E-state index contributed by atoms with van der Waals surface area (Å²) < 4.78 is 18.9. The van der Waals surface area contributed by atoms with Gasteiger partial charge in [-0.2, -0.15) is 4.68 Å². The fourth-order valence-electron chi connectivity index (χ4n) is 4.07. The Morgan fingerprint density at radius 3 is 2.93 bits per heavy atom. The molecule has 0 spiro atoms. The SMILES string of the molecule is COc1c2c(cc3c1C(c1nnnn1-c1cccc(C)c1)N(C)CC3)OCO2. The molecular formula is C20H21N5O3. The van der Waals surface area contributed by atoms with Gasteiger partial charge in [-0.25, -0.2) is 0 Å². The number of hydrogen-bond acceptors (Lipinski definition) is 7. The van der Waals surface area contributed by atoms with E-state index in [1.165, 1.54) is 5.56 Å². The number of aromatic nitrogens is 4. The summed E-state index contributed by atoms with van der Waals surface area (Å²) in [5, 5.41) is 12.6. The minimum absolute atomic E-state index is 0.163. The van der Waals surface area contributed by atoms with E-state index in [2.05, 4.69) is 52.6 Å². The number of methoxy groups -OCH3 is 1. The van der Waals surface area contributed by atoms with E-state index >= 15 is 0 Å². The molecule has 2 aliphatic heterocycles. The molecule has 0 N–H and O–H groups in total. The molecule has 8 heteroatoms. The topological polar surface area (TPSA) is 74.5 Å². The van der Waals surface area contributed by atoms with Gasteiger partial charge in [-0.15, -0.1) is 5.10 Å². The summed E-state index contributed by atoms with van der Waals surface area (Å²) in [5.41, 5.74) is 4.28. The second-order valence-corrected chi connectivity index (χ2v) is 7.14. The number of rotatable bonds is 3. The Kier molecular flexibility index (Phi) is 3.94. The predicted molar refractivity (Wildman–Crippen MR) is 101 cm³/mol. The van der Waals surface area contributed by atoms with E-state index in [-0.39, 0.29) is 12.8 Å². The zero-order valence-electron chi connectivity index (χ0n) is 16.0. The number of ether oxygens (including phenoxy) is 3. The molecule has 0 saturated carbocycles. The van der Waals surface area contributed by atoms with Crippen LogP contribution in [0.2, 0.25) is 0 Å². The molecule has 0 aliphatic carbocycles. The van der Waals surface area contributed by atoms with Crippen molar-refractivity contribution < 1.29 is 14.2 Å². The number of hydrogen-bond donors (Lipinski definition) is 0. The number of aryl methyl sites for hydroxylation is 1. The van der Waals surface area contributed by atoms with Crippen LogP contribution in [0.15, 0.2) is 30.3 Å². The van der Waals surface area contributed by atoms with E-state index < -0.39 is 0 Å². The van der Waals surface area contributed by atoms with Crippen LogP contribution in [-0.4, -0.2) is 52.6 Å². The average Bonchev–Trinajstić information content (AvgIpc) is 3.35. The second-order valence-electron chi connectivity index (χ2n) is 7.14. The molecule has 0 saturated heterocycles. The van der Waals surface area contributed by atoms with Crippen LogP contribution >= 0.6 is 0 Å². The van der Waals surface area contributed by atoms with Crippen molar-refractivity contribution in [3.63, 3.8) is 0 Å². The Bertz CT molecular complexity index is 1050. The Morgan fingerprint density at radius 1 is 1.21 bits per heavy atom. The molecule has 3 aromatic rings. The van der Waals surface area contributed by atoms with Gasteiger partial charge >= 0.3 is 0 Å². The minimum Gasteiger partial charge on any atom is -0.492 e. The molecule has 2 aliphatic rings. The smallest absolute Gasteiger partial charge is 0.231 e. The highest BCUT2D eigenvalue weighted by atomic mass is 16.7. The standard InChI is InChI=1S/C20H21N5O3/c1-12-5-4-6-14(9-12)25-20(21-22-23-25)17-16-13(7-8-24(17)2)10-15-18(19(16)26-3)28-11-27-15/h4-6,9-10,17H,7-8,11H2,1-3H3. The van der Waals surface area contributed by atoms with E-state index in [9.17, 15) is 0 Å². The quantitative estimate of drug-likeness (QED) is 0.691. The molecule has 28 heavy (non-hydrogen) atoms. The minimum atomic E-state index is -0.163. The Labute approximate surface area is 162 Å². The van der Waals surface area contributed by atoms with Gasteiger partial charge in [0.15, 0.2) is 17.3 Å². The molecule has 0 amide bonds. The van der Waals surface area contributed by atoms with Gasteiger partial charge < -0.3 is 14.2 Å². The maximum atomic E-state index is 5.79. The fourth-order valence-corrected chi connectivity index (χ4v) is 4.07. The van der Waals surface area contributed by atoms with E-state index in [0.29, 0.717) is 11.5 Å². The number of benzene rings is 2. The van der Waals surface area contributed by atoms with Crippen LogP contribution in [0.1, 0.15) is 28.6 Å². The molecular weight excluding hydrogens is 358 g/mol. The maximum absolute atomic E-state index is 5.79. The molecule has 144 valence electrons. The normalized spacial score (nSPS) is 18.2. The van der Waals surface area contributed by atoms with Gasteiger partial charge in [0, 0.05) is 12.1 Å². The molecule has 0 bridgehead atoms. The molecule has 1 unspecified atom stereocenters. The second kappa shape index (κ2) is 6.49. The highest BCUT2D eigenvalue weighted by Crippen LogP contribution is 2.50. The van der Waals surface area contributed by atoms with Crippen LogP contribution in [-0.2, 0) is 6.42 Å². The first-order chi connectivity index (χ1) is 13.7. The lowest BCUT2D eigenvalue weighted by Gasteiger charge is -2.34. The highest BCUT2D eigenvalue weighted by molar-refractivity contribution is 5.62. The Morgan fingerprint density at radius 2 is 2.11 bits per heavy atom. The van der Waals surface area contributed by atoms with E-state index in [1.54, 1.807) is 11.8 Å². The lowest BCUT2D eigenvalue weighted by atomic mass is 9.90. The van der Waals surface area contributed by atoms with Crippen LogP contribution in [0.5, 0.6) is 17.2 Å². The predicted octanol–water partition coefficient (Wildman–Crippen LogP) is 2.29. The number of tetrazole rings is 1. The van der Waals surface area contributed by atoms with Gasteiger partial charge in [0.05, 0.1) is 12.8 Å². The van der Waals surface area contributed by atoms with Crippen LogP contribution < -0.4 is 14.2 Å². The van der Waals surface area contributed by atoms with Crippen molar-refractivity contribution in [3.8, 4) is 22.9 Å². The van der Waals surface area contributed by atoms with E-state index in [0.717, 1.165) is 41.4 Å². The molecule has 2 aromatic carbocycles. The largest absolute Gasteiger partial charge is 0.492 e. The molecule has 0 fully saturated rings. The first-order valence-electron chi connectivity index (χ1n) is 9.22. The number of fused-ring (bicyclic) bond motifs is 2. The third-order valence-electron chi connectivity index (χ3n) is 5.38. The lowest BCUT2D eigenvalue weighted by molar-refractivity contribution is 0.170. The van der Waals surface area contributed by atoms with Crippen molar-refractivity contribution in [2.24, 2.45) is 0 Å². The molecule has 1 aromatic heterocycles. The summed E-state index contributed by atoms with van der Waals surface area (Å²) in [5.74, 6) is 2.82. The molecule has 0 radical (unpaired) electrons. The van der Waals surface area contributed by atoms with Crippen LogP contribution in [0.25, 0.3) is 5.69 Å². The summed E-state index contributed by atoms with van der Waals surface area (Å²) in [6.45, 7) is 3.14. The zero-order valence-corrected chi connectivity index (χ0v) is 16.0. The number of nitrogens with zero attached hydrogens (tertiary/aromatic N) is 5. The van der Waals surface area contributed by atoms with Gasteiger partial charge in [0.25, 0.3) is 0 Å². The zero-order chi connectivity index (χ0) is 19.3. The summed E-state index contributed by atoms with van der Waals surface area (Å²) in [6.07, 6.45) is 0.890. The summed E-state index contributed by atoms with van der Waals surface area (Å²) >= 11 is 0. The first-order valence-corrected chi connectivity index (χ1v) is 9.22. The summed E-state index contributed by atoms with van der Waals surface area (Å²) in [6, 6.07) is 10.0. The molecule has 3 heterocycles. The van der Waals surface area contributed by atoms with E-state index in [1.807, 2.05) is 12.1 Å². The number of likely N-dealkylation sites (N-methyl/N-ethyl adjacent to an activating group) is 1. The Balaban J connectivity index is 1.71. The van der Waals surface area contributed by atoms with Crippen molar-refractivity contribution in [1.29, 1.82) is 0 Å². The first kappa shape index (κ1) is 17.0. The van der Waals surface area contributed by atoms with Crippen molar-refractivity contribution in [1.82, 2.24) is 25.1 Å². The van der Waals surface area contributed by atoms with Gasteiger partial charge in [0.2, 0.25) is 12.5 Å². The van der Waals surface area contributed by atoms with Gasteiger partial charge in [-0.3, -0.25) is 4.90 Å². The van der Waals surface area contributed by atoms with Crippen LogP contribution in [0.3, 0.4) is 0 Å². The van der Waals surface area contributed by atoms with Gasteiger partial charge in [-0.05, 0) is 60.1 Å². The third kappa shape index (κ3) is 2.52. The van der Waals surface area contributed by atoms with Crippen molar-refractivity contribution in [2.75, 3.05) is 27.5 Å². The van der Waals surface area contributed by atoms with E-state index in [4.69, 9.17) is 14.2 Å². The lowest BCUT2D eigenvalue weighted by Crippen LogP contribution is -2.35. The van der Waals surface area contributed by atoms with Crippen molar-refractivity contribution in [2.45, 2.75) is 19.4 Å². The van der Waals surface area contributed by atoms with Crippen molar-refractivity contribution >= 4 is 0 Å². The molecule has 5 rings (SSSR count). The van der Waals surface area contributed by atoms with Gasteiger partial charge in [0.1, 0.15) is 6.04 Å². The average molecular weight is 379 g/mol. The monoisotopic (exact) mass is 379 g/mol. The van der Waals surface area contributed by atoms with Crippen LogP contribution in [0, 0.1) is 6.92 Å². The van der Waals surface area contributed by atoms with Crippen molar-refractivity contribution in [3.05, 3.63) is 52.8 Å². The molecule has 1 atom stereocenters. The van der Waals surface area contributed by atoms with Crippen LogP contribution in [0.4, 0.5) is 0 Å². The van der Waals surface area contributed by atoms with Gasteiger partial charge in [-0.1, -0.05) is 12.1 Å². The Hall–Kier alpha value is -3.13. The summed E-state index contributed by atoms with van der Waals surface area (Å²) in [7, 11) is 3.74. The molecule has 8 nitrogen and oxygen atoms in total. The summed E-state index contributed by atoms with van der Waals surface area (Å²) in [4.78, 5) is 2.24. The maximum Gasteiger partial charge on any atom is 0.231 e.